The highest BCUT2D eigenvalue weighted by Gasteiger charge is 2.40. The zero-order valence-electron chi connectivity index (χ0n) is 7.16. The highest BCUT2D eigenvalue weighted by Crippen LogP contribution is 2.44. The third-order valence-corrected chi connectivity index (χ3v) is 5.44. The largest absolute Gasteiger partial charge is 0.383 e. The van der Waals surface area contributed by atoms with Crippen molar-refractivity contribution < 1.29 is 5.11 Å². The summed E-state index contributed by atoms with van der Waals surface area (Å²) in [5, 5.41) is 10.9. The molecule has 1 aromatic heterocycles. The first-order chi connectivity index (χ1) is 6.12. The molecule has 72 valence electrons. The molecule has 1 saturated heterocycles. The van der Waals surface area contributed by atoms with E-state index in [4.69, 9.17) is 0 Å². The highest BCUT2D eigenvalue weighted by molar-refractivity contribution is 9.10. The molecule has 0 aromatic carbocycles. The lowest BCUT2D eigenvalue weighted by Gasteiger charge is -2.19. The average molecular weight is 280 g/mol. The third-order valence-electron chi connectivity index (χ3n) is 2.18. The van der Waals surface area contributed by atoms with Crippen molar-refractivity contribution >= 4 is 39.0 Å². The minimum atomic E-state index is -0.649. The van der Waals surface area contributed by atoms with E-state index in [0.29, 0.717) is 5.25 Å². The molecule has 1 aliphatic heterocycles. The minimum absolute atomic E-state index is 0.541. The molecule has 0 spiro atoms. The van der Waals surface area contributed by atoms with E-state index in [0.717, 1.165) is 21.7 Å². The highest BCUT2D eigenvalue weighted by atomic mass is 79.9. The van der Waals surface area contributed by atoms with Crippen molar-refractivity contribution in [1.82, 2.24) is 4.98 Å². The predicted octanol–water partition coefficient (Wildman–Crippen LogP) is 2.62. The van der Waals surface area contributed by atoms with Crippen LogP contribution in [-0.4, -0.2) is 21.1 Å². The minimum Gasteiger partial charge on any atom is -0.383 e. The monoisotopic (exact) mass is 279 g/mol. The molecule has 2 rings (SSSR count). The van der Waals surface area contributed by atoms with Crippen LogP contribution in [0.15, 0.2) is 10.1 Å². The molecular formula is C8H10BrNOS2. The van der Waals surface area contributed by atoms with E-state index in [1.807, 2.05) is 11.8 Å². The lowest BCUT2D eigenvalue weighted by Crippen LogP contribution is -2.24. The Balaban J connectivity index is 2.30. The molecule has 1 aromatic rings. The van der Waals surface area contributed by atoms with E-state index >= 15 is 0 Å². The van der Waals surface area contributed by atoms with Gasteiger partial charge in [-0.25, -0.2) is 4.98 Å². The standard InChI is InChI=1S/C8H10BrNOS2/c1-5-2-8(11,3-12-5)6-7(9)10-4-13-6/h4-5,11H,2-3H2,1H3. The van der Waals surface area contributed by atoms with Gasteiger partial charge in [0.15, 0.2) is 0 Å². The van der Waals surface area contributed by atoms with Crippen molar-refractivity contribution in [3.05, 3.63) is 15.0 Å². The van der Waals surface area contributed by atoms with Crippen LogP contribution in [-0.2, 0) is 5.60 Å². The molecule has 5 heteroatoms. The second kappa shape index (κ2) is 3.53. The van der Waals surface area contributed by atoms with E-state index in [1.165, 1.54) is 11.3 Å². The Kier molecular flexibility index (Phi) is 2.70. The summed E-state index contributed by atoms with van der Waals surface area (Å²) in [6, 6.07) is 0. The first-order valence-corrected chi connectivity index (χ1v) is 6.77. The first-order valence-electron chi connectivity index (χ1n) is 4.05. The van der Waals surface area contributed by atoms with Gasteiger partial charge in [-0.1, -0.05) is 6.92 Å². The molecule has 13 heavy (non-hydrogen) atoms. The summed E-state index contributed by atoms with van der Waals surface area (Å²) >= 11 is 6.71. The number of nitrogens with zero attached hydrogens (tertiary/aromatic N) is 1. The maximum absolute atomic E-state index is 10.3. The van der Waals surface area contributed by atoms with Crippen molar-refractivity contribution in [2.75, 3.05) is 5.75 Å². The summed E-state index contributed by atoms with van der Waals surface area (Å²) in [6.45, 7) is 2.15. The summed E-state index contributed by atoms with van der Waals surface area (Å²) in [6.07, 6.45) is 0.832. The van der Waals surface area contributed by atoms with Gasteiger partial charge >= 0.3 is 0 Å². The summed E-state index contributed by atoms with van der Waals surface area (Å²) in [5.41, 5.74) is 1.12. The molecule has 2 nitrogen and oxygen atoms in total. The summed E-state index contributed by atoms with van der Waals surface area (Å²) in [5.74, 6) is 0.787. The van der Waals surface area contributed by atoms with Crippen LogP contribution in [0.3, 0.4) is 0 Å². The normalized spacial score (nSPS) is 33.9. The molecule has 1 aliphatic rings. The van der Waals surface area contributed by atoms with Crippen LogP contribution in [0.1, 0.15) is 18.2 Å². The Labute approximate surface area is 93.9 Å². The van der Waals surface area contributed by atoms with E-state index < -0.39 is 5.60 Å². The number of halogens is 1. The lowest BCUT2D eigenvalue weighted by molar-refractivity contribution is 0.0641. The van der Waals surface area contributed by atoms with Gasteiger partial charge in [-0.3, -0.25) is 0 Å². The van der Waals surface area contributed by atoms with Gasteiger partial charge < -0.3 is 5.11 Å². The molecule has 0 aliphatic carbocycles. The molecule has 0 saturated carbocycles. The second-order valence-electron chi connectivity index (χ2n) is 3.33. The van der Waals surface area contributed by atoms with Gasteiger partial charge in [0.25, 0.3) is 0 Å². The van der Waals surface area contributed by atoms with Crippen molar-refractivity contribution in [3.63, 3.8) is 0 Å². The van der Waals surface area contributed by atoms with Gasteiger partial charge in [-0.2, -0.15) is 11.8 Å². The van der Waals surface area contributed by atoms with E-state index in [2.05, 4.69) is 27.8 Å². The van der Waals surface area contributed by atoms with Crippen LogP contribution < -0.4 is 0 Å². The van der Waals surface area contributed by atoms with Gasteiger partial charge in [0.05, 0.1) is 10.4 Å². The zero-order valence-corrected chi connectivity index (χ0v) is 10.4. The summed E-state index contributed by atoms with van der Waals surface area (Å²) in [4.78, 5) is 5.07. The molecule has 1 N–H and O–H groups in total. The van der Waals surface area contributed by atoms with E-state index in [-0.39, 0.29) is 0 Å². The molecule has 2 heterocycles. The van der Waals surface area contributed by atoms with Crippen LogP contribution in [0.5, 0.6) is 0 Å². The van der Waals surface area contributed by atoms with Crippen LogP contribution in [0.25, 0.3) is 0 Å². The number of thiazole rings is 1. The van der Waals surface area contributed by atoms with Crippen LogP contribution in [0.4, 0.5) is 0 Å². The van der Waals surface area contributed by atoms with Gasteiger partial charge in [-0.15, -0.1) is 11.3 Å². The number of rotatable bonds is 1. The van der Waals surface area contributed by atoms with E-state index in [1.54, 1.807) is 5.51 Å². The van der Waals surface area contributed by atoms with Crippen molar-refractivity contribution in [2.24, 2.45) is 0 Å². The molecule has 0 amide bonds. The number of hydrogen-bond donors (Lipinski definition) is 1. The Hall–Kier alpha value is 0.420. The smallest absolute Gasteiger partial charge is 0.123 e. The first kappa shape index (κ1) is 9.96. The predicted molar refractivity (Wildman–Crippen MR) is 60.2 cm³/mol. The quantitative estimate of drug-likeness (QED) is 0.858. The van der Waals surface area contributed by atoms with Crippen LogP contribution in [0, 0.1) is 0 Å². The molecule has 0 radical (unpaired) electrons. The number of hydrogen-bond acceptors (Lipinski definition) is 4. The zero-order chi connectivity index (χ0) is 9.47. The Morgan fingerprint density at radius 1 is 1.77 bits per heavy atom. The van der Waals surface area contributed by atoms with Gasteiger partial charge in [0, 0.05) is 11.0 Å². The molecule has 2 unspecified atom stereocenters. The lowest BCUT2D eigenvalue weighted by atomic mass is 10.00. The van der Waals surface area contributed by atoms with Gasteiger partial charge in [0.2, 0.25) is 0 Å². The Morgan fingerprint density at radius 2 is 2.54 bits per heavy atom. The van der Waals surface area contributed by atoms with Crippen molar-refractivity contribution in [3.8, 4) is 0 Å². The van der Waals surface area contributed by atoms with Crippen molar-refractivity contribution in [1.29, 1.82) is 0 Å². The molecular weight excluding hydrogens is 270 g/mol. The second-order valence-corrected chi connectivity index (χ2v) is 6.36. The molecule has 0 bridgehead atoms. The average Bonchev–Trinajstić information content (AvgIpc) is 2.59. The van der Waals surface area contributed by atoms with Gasteiger partial charge in [-0.05, 0) is 22.4 Å². The third kappa shape index (κ3) is 1.79. The fraction of sp³-hybridized carbons (Fsp3) is 0.625. The topological polar surface area (TPSA) is 33.1 Å². The Bertz CT molecular complexity index is 317. The fourth-order valence-electron chi connectivity index (χ4n) is 1.57. The summed E-state index contributed by atoms with van der Waals surface area (Å²) in [7, 11) is 0. The maximum atomic E-state index is 10.3. The summed E-state index contributed by atoms with van der Waals surface area (Å²) < 4.78 is 0.801. The van der Waals surface area contributed by atoms with E-state index in [9.17, 15) is 5.11 Å². The molecule has 2 atom stereocenters. The van der Waals surface area contributed by atoms with Gasteiger partial charge in [0.1, 0.15) is 10.2 Å². The SMILES string of the molecule is CC1CC(O)(c2scnc2Br)CS1. The number of aliphatic hydroxyl groups is 1. The molecule has 1 fully saturated rings. The Morgan fingerprint density at radius 3 is 3.00 bits per heavy atom. The van der Waals surface area contributed by atoms with Crippen molar-refractivity contribution in [2.45, 2.75) is 24.2 Å². The maximum Gasteiger partial charge on any atom is 0.123 e. The fourth-order valence-corrected chi connectivity index (χ4v) is 4.55. The number of aromatic nitrogens is 1. The van der Waals surface area contributed by atoms with Crippen LogP contribution >= 0.6 is 39.0 Å². The van der Waals surface area contributed by atoms with Crippen LogP contribution in [0.2, 0.25) is 0 Å². The number of thioether (sulfide) groups is 1.